The Kier molecular flexibility index (Phi) is 4.15. The first-order valence-corrected chi connectivity index (χ1v) is 5.88. The van der Waals surface area contributed by atoms with E-state index in [0.717, 1.165) is 32.5 Å². The van der Waals surface area contributed by atoms with Crippen molar-refractivity contribution in [3.8, 4) is 0 Å². The van der Waals surface area contributed by atoms with Crippen LogP contribution in [0.1, 0.15) is 40.5 Å². The monoisotopic (exact) mass is 215 g/mol. The van der Waals surface area contributed by atoms with Crippen LogP contribution in [0.15, 0.2) is 0 Å². The molecule has 0 atom stereocenters. The maximum Gasteiger partial charge on any atom is 0.0760 e. The molecule has 1 heterocycles. The summed E-state index contributed by atoms with van der Waals surface area (Å²) < 4.78 is 6.01. The van der Waals surface area contributed by atoms with Gasteiger partial charge >= 0.3 is 0 Å². The lowest BCUT2D eigenvalue weighted by atomic mass is 9.99. The number of ether oxygens (including phenoxy) is 1. The summed E-state index contributed by atoms with van der Waals surface area (Å²) in [5.41, 5.74) is -0.109. The van der Waals surface area contributed by atoms with Crippen LogP contribution in [-0.4, -0.2) is 47.4 Å². The van der Waals surface area contributed by atoms with Crippen LogP contribution in [0.4, 0.5) is 0 Å². The Morgan fingerprint density at radius 3 is 2.07 bits per heavy atom. The predicted molar refractivity (Wildman–Crippen MR) is 62.0 cm³/mol. The number of aliphatic hydroxyl groups is 1. The number of aliphatic hydroxyl groups excluding tert-OH is 1. The van der Waals surface area contributed by atoms with E-state index in [1.54, 1.807) is 0 Å². The number of unbranched alkanes of at least 4 members (excludes halogenated alkanes) is 1. The van der Waals surface area contributed by atoms with Crippen LogP contribution in [0.2, 0.25) is 0 Å². The highest BCUT2D eigenvalue weighted by atomic mass is 16.5. The first-order valence-electron chi connectivity index (χ1n) is 5.88. The van der Waals surface area contributed by atoms with Gasteiger partial charge in [0, 0.05) is 19.7 Å². The zero-order valence-corrected chi connectivity index (χ0v) is 10.5. The van der Waals surface area contributed by atoms with Crippen molar-refractivity contribution < 1.29 is 9.84 Å². The Hall–Kier alpha value is -0.120. The average Bonchev–Trinajstić information content (AvgIpc) is 1.98. The lowest BCUT2D eigenvalue weighted by molar-refractivity contribution is -0.180. The summed E-state index contributed by atoms with van der Waals surface area (Å²) in [6.45, 7) is 11.9. The molecule has 1 fully saturated rings. The van der Waals surface area contributed by atoms with Crippen molar-refractivity contribution >= 4 is 0 Å². The highest BCUT2D eigenvalue weighted by molar-refractivity contribution is 4.88. The standard InChI is InChI=1S/C12H25NO2/c1-11(2)9-13(7-5-6-8-14)10-12(3,4)15-11/h14H,5-10H2,1-4H3. The molecule has 0 saturated carbocycles. The molecular formula is C12H25NO2. The third-order valence-electron chi connectivity index (χ3n) is 2.64. The van der Waals surface area contributed by atoms with Crippen LogP contribution in [0, 0.1) is 0 Å². The number of rotatable bonds is 4. The second kappa shape index (κ2) is 4.81. The van der Waals surface area contributed by atoms with Crippen molar-refractivity contribution in [2.75, 3.05) is 26.2 Å². The summed E-state index contributed by atoms with van der Waals surface area (Å²) in [5.74, 6) is 0. The summed E-state index contributed by atoms with van der Waals surface area (Å²) in [4.78, 5) is 2.44. The predicted octanol–water partition coefficient (Wildman–Crippen LogP) is 1.65. The molecule has 1 N–H and O–H groups in total. The SMILES string of the molecule is CC1(C)CN(CCCCO)CC(C)(C)O1. The van der Waals surface area contributed by atoms with Crippen molar-refractivity contribution in [2.45, 2.75) is 51.7 Å². The molecule has 0 unspecified atom stereocenters. The molecule has 15 heavy (non-hydrogen) atoms. The molecule has 1 saturated heterocycles. The Bertz CT molecular complexity index is 186. The number of hydrogen-bond acceptors (Lipinski definition) is 3. The Balaban J connectivity index is 2.44. The third-order valence-corrected chi connectivity index (χ3v) is 2.64. The van der Waals surface area contributed by atoms with Crippen molar-refractivity contribution in [2.24, 2.45) is 0 Å². The van der Waals surface area contributed by atoms with Gasteiger partial charge in [0.15, 0.2) is 0 Å². The van der Waals surface area contributed by atoms with E-state index in [2.05, 4.69) is 32.6 Å². The molecule has 0 radical (unpaired) electrons. The fourth-order valence-corrected chi connectivity index (χ4v) is 2.55. The summed E-state index contributed by atoms with van der Waals surface area (Å²) in [6.07, 6.45) is 1.97. The molecule has 3 heteroatoms. The molecule has 3 nitrogen and oxygen atoms in total. The second-order valence-corrected chi connectivity index (χ2v) is 5.76. The van der Waals surface area contributed by atoms with Gasteiger partial charge in [0.2, 0.25) is 0 Å². The van der Waals surface area contributed by atoms with Gasteiger partial charge in [-0.3, -0.25) is 4.90 Å². The van der Waals surface area contributed by atoms with E-state index in [1.807, 2.05) is 0 Å². The Labute approximate surface area is 93.4 Å². The van der Waals surface area contributed by atoms with E-state index < -0.39 is 0 Å². The minimum absolute atomic E-state index is 0.0546. The average molecular weight is 215 g/mol. The van der Waals surface area contributed by atoms with Crippen LogP contribution in [-0.2, 0) is 4.74 Å². The molecule has 90 valence electrons. The molecule has 1 aliphatic heterocycles. The van der Waals surface area contributed by atoms with Gasteiger partial charge in [-0.05, 0) is 47.1 Å². The minimum atomic E-state index is -0.0546. The Morgan fingerprint density at radius 2 is 1.60 bits per heavy atom. The summed E-state index contributed by atoms with van der Waals surface area (Å²) in [7, 11) is 0. The van der Waals surface area contributed by atoms with E-state index in [-0.39, 0.29) is 11.2 Å². The summed E-state index contributed by atoms with van der Waals surface area (Å²) in [5, 5.41) is 8.76. The first kappa shape index (κ1) is 12.9. The van der Waals surface area contributed by atoms with Crippen molar-refractivity contribution in [1.82, 2.24) is 4.90 Å². The molecule has 0 aliphatic carbocycles. The summed E-state index contributed by atoms with van der Waals surface area (Å²) >= 11 is 0. The number of morpholine rings is 1. The lowest BCUT2D eigenvalue weighted by Crippen LogP contribution is -2.57. The summed E-state index contributed by atoms with van der Waals surface area (Å²) in [6, 6.07) is 0. The van der Waals surface area contributed by atoms with E-state index in [1.165, 1.54) is 0 Å². The van der Waals surface area contributed by atoms with Gasteiger partial charge in [-0.25, -0.2) is 0 Å². The van der Waals surface area contributed by atoms with Crippen molar-refractivity contribution in [3.05, 3.63) is 0 Å². The lowest BCUT2D eigenvalue weighted by Gasteiger charge is -2.47. The van der Waals surface area contributed by atoms with Crippen molar-refractivity contribution in [3.63, 3.8) is 0 Å². The number of hydrogen-bond donors (Lipinski definition) is 1. The van der Waals surface area contributed by atoms with Gasteiger partial charge < -0.3 is 9.84 Å². The highest BCUT2D eigenvalue weighted by Gasteiger charge is 2.37. The molecule has 0 bridgehead atoms. The van der Waals surface area contributed by atoms with Crippen LogP contribution >= 0.6 is 0 Å². The van der Waals surface area contributed by atoms with Gasteiger partial charge in [-0.2, -0.15) is 0 Å². The van der Waals surface area contributed by atoms with Gasteiger partial charge in [-0.15, -0.1) is 0 Å². The highest BCUT2D eigenvalue weighted by Crippen LogP contribution is 2.27. The van der Waals surface area contributed by atoms with E-state index in [9.17, 15) is 0 Å². The normalized spacial score (nSPS) is 25.4. The van der Waals surface area contributed by atoms with Crippen LogP contribution in [0.25, 0.3) is 0 Å². The van der Waals surface area contributed by atoms with Crippen molar-refractivity contribution in [1.29, 1.82) is 0 Å². The molecule has 0 spiro atoms. The maximum atomic E-state index is 8.76. The minimum Gasteiger partial charge on any atom is -0.396 e. The van der Waals surface area contributed by atoms with Crippen LogP contribution < -0.4 is 0 Å². The zero-order chi connectivity index (χ0) is 11.5. The van der Waals surface area contributed by atoms with E-state index >= 15 is 0 Å². The molecule has 0 amide bonds. The van der Waals surface area contributed by atoms with Crippen LogP contribution in [0.5, 0.6) is 0 Å². The number of nitrogens with zero attached hydrogens (tertiary/aromatic N) is 1. The smallest absolute Gasteiger partial charge is 0.0760 e. The Morgan fingerprint density at radius 1 is 1.07 bits per heavy atom. The quantitative estimate of drug-likeness (QED) is 0.724. The molecule has 0 aromatic rings. The molecule has 1 aliphatic rings. The molecule has 1 rings (SSSR count). The topological polar surface area (TPSA) is 32.7 Å². The van der Waals surface area contributed by atoms with Gasteiger partial charge in [-0.1, -0.05) is 0 Å². The fraction of sp³-hybridized carbons (Fsp3) is 1.00. The molecule has 0 aromatic heterocycles. The third kappa shape index (κ3) is 4.49. The maximum absolute atomic E-state index is 8.76. The second-order valence-electron chi connectivity index (χ2n) is 5.76. The van der Waals surface area contributed by atoms with Crippen LogP contribution in [0.3, 0.4) is 0 Å². The molecular weight excluding hydrogens is 190 g/mol. The van der Waals surface area contributed by atoms with Gasteiger partial charge in [0.1, 0.15) is 0 Å². The van der Waals surface area contributed by atoms with Gasteiger partial charge in [0.05, 0.1) is 11.2 Å². The first-order chi connectivity index (χ1) is 6.85. The fourth-order valence-electron chi connectivity index (χ4n) is 2.55. The van der Waals surface area contributed by atoms with E-state index in [0.29, 0.717) is 6.61 Å². The van der Waals surface area contributed by atoms with E-state index in [4.69, 9.17) is 9.84 Å². The molecule has 0 aromatic carbocycles. The largest absolute Gasteiger partial charge is 0.396 e. The zero-order valence-electron chi connectivity index (χ0n) is 10.5. The van der Waals surface area contributed by atoms with Gasteiger partial charge in [0.25, 0.3) is 0 Å².